The lowest BCUT2D eigenvalue weighted by molar-refractivity contribution is 0.102. The maximum absolute atomic E-state index is 12.0. The highest BCUT2D eigenvalue weighted by molar-refractivity contribution is 6.06. The third kappa shape index (κ3) is 2.98. The summed E-state index contributed by atoms with van der Waals surface area (Å²) in [6.45, 7) is 0. The number of hydrogen-bond acceptors (Lipinski definition) is 3. The van der Waals surface area contributed by atoms with Crippen LogP contribution in [0, 0.1) is 0 Å². The predicted molar refractivity (Wildman–Crippen MR) is 72.8 cm³/mol. The molecule has 0 radical (unpaired) electrons. The quantitative estimate of drug-likeness (QED) is 0.855. The van der Waals surface area contributed by atoms with E-state index in [1.807, 2.05) is 6.07 Å². The molecule has 0 aliphatic heterocycles. The third-order valence-corrected chi connectivity index (χ3v) is 2.67. The summed E-state index contributed by atoms with van der Waals surface area (Å²) in [5.41, 5.74) is 1.37. The molecule has 1 amide bonds. The molecule has 1 N–H and O–H groups in total. The van der Waals surface area contributed by atoms with Gasteiger partial charge >= 0.3 is 0 Å². The molecule has 0 saturated carbocycles. The van der Waals surface area contributed by atoms with Gasteiger partial charge in [0.05, 0.1) is 12.8 Å². The summed E-state index contributed by atoms with van der Waals surface area (Å²) < 4.78 is 5.07. The van der Waals surface area contributed by atoms with E-state index in [9.17, 15) is 9.59 Å². The van der Waals surface area contributed by atoms with Crippen LogP contribution in [0.4, 0.5) is 5.69 Å². The van der Waals surface area contributed by atoms with Gasteiger partial charge in [-0.3, -0.25) is 9.59 Å². The number of aldehydes is 1. The fourth-order valence-electron chi connectivity index (χ4n) is 1.66. The minimum absolute atomic E-state index is 0.267. The molecule has 4 nitrogen and oxygen atoms in total. The van der Waals surface area contributed by atoms with Gasteiger partial charge in [-0.05, 0) is 24.3 Å². The van der Waals surface area contributed by atoms with E-state index in [2.05, 4.69) is 5.32 Å². The average molecular weight is 255 g/mol. The Bertz CT molecular complexity index is 594. The van der Waals surface area contributed by atoms with Gasteiger partial charge in [0, 0.05) is 17.2 Å². The Morgan fingerprint density at radius 1 is 1.16 bits per heavy atom. The zero-order valence-electron chi connectivity index (χ0n) is 10.4. The van der Waals surface area contributed by atoms with Gasteiger partial charge in [0.1, 0.15) is 5.75 Å². The van der Waals surface area contributed by atoms with E-state index < -0.39 is 0 Å². The average Bonchev–Trinajstić information content (AvgIpc) is 2.48. The first-order valence-corrected chi connectivity index (χ1v) is 5.74. The molecule has 0 saturated heterocycles. The summed E-state index contributed by atoms with van der Waals surface area (Å²) in [6.07, 6.45) is 0.694. The second-order valence-corrected chi connectivity index (χ2v) is 3.89. The van der Waals surface area contributed by atoms with Crippen molar-refractivity contribution in [1.82, 2.24) is 0 Å². The zero-order valence-corrected chi connectivity index (χ0v) is 10.4. The van der Waals surface area contributed by atoms with Crippen LogP contribution in [0.15, 0.2) is 48.5 Å². The molecule has 0 aliphatic carbocycles. The molecule has 0 fully saturated rings. The summed E-state index contributed by atoms with van der Waals surface area (Å²) in [7, 11) is 1.53. The van der Waals surface area contributed by atoms with Crippen LogP contribution in [0.5, 0.6) is 5.75 Å². The van der Waals surface area contributed by atoms with Crippen LogP contribution in [0.1, 0.15) is 20.7 Å². The van der Waals surface area contributed by atoms with Crippen LogP contribution < -0.4 is 10.1 Å². The topological polar surface area (TPSA) is 55.4 Å². The SMILES string of the molecule is COc1ccc(C=O)c(NC(=O)c2ccccc2)c1. The first-order valence-electron chi connectivity index (χ1n) is 5.74. The standard InChI is InChI=1S/C15H13NO3/c1-19-13-8-7-12(10-17)14(9-13)16-15(18)11-5-3-2-4-6-11/h2-10H,1H3,(H,16,18). The van der Waals surface area contributed by atoms with E-state index in [0.717, 1.165) is 0 Å². The fourth-order valence-corrected chi connectivity index (χ4v) is 1.66. The van der Waals surface area contributed by atoms with Gasteiger partial charge in [-0.2, -0.15) is 0 Å². The molecule has 0 bridgehead atoms. The maximum Gasteiger partial charge on any atom is 0.255 e. The molecule has 0 spiro atoms. The smallest absolute Gasteiger partial charge is 0.255 e. The number of ether oxygens (including phenoxy) is 1. The molecule has 0 heterocycles. The number of rotatable bonds is 4. The number of benzene rings is 2. The van der Waals surface area contributed by atoms with Gasteiger partial charge in [-0.25, -0.2) is 0 Å². The molecule has 0 aliphatic rings. The van der Waals surface area contributed by atoms with Gasteiger partial charge < -0.3 is 10.1 Å². The number of nitrogens with one attached hydrogen (secondary N) is 1. The molecular weight excluding hydrogens is 242 g/mol. The monoisotopic (exact) mass is 255 g/mol. The Labute approximate surface area is 111 Å². The van der Waals surface area contributed by atoms with Crippen molar-refractivity contribution in [2.24, 2.45) is 0 Å². The van der Waals surface area contributed by atoms with Gasteiger partial charge in [0.15, 0.2) is 6.29 Å². The number of carbonyl (C=O) groups excluding carboxylic acids is 2. The van der Waals surface area contributed by atoms with Gasteiger partial charge in [0.25, 0.3) is 5.91 Å². The summed E-state index contributed by atoms with van der Waals surface area (Å²) in [4.78, 5) is 23.0. The Kier molecular flexibility index (Phi) is 3.93. The van der Waals surface area contributed by atoms with Gasteiger partial charge in [-0.1, -0.05) is 18.2 Å². The molecule has 2 aromatic rings. The van der Waals surface area contributed by atoms with Crippen LogP contribution >= 0.6 is 0 Å². The number of amides is 1. The molecule has 96 valence electrons. The number of anilines is 1. The zero-order chi connectivity index (χ0) is 13.7. The number of hydrogen-bond donors (Lipinski definition) is 1. The van der Waals surface area contributed by atoms with Crippen molar-refractivity contribution in [1.29, 1.82) is 0 Å². The van der Waals surface area contributed by atoms with Crippen molar-refractivity contribution in [3.63, 3.8) is 0 Å². The van der Waals surface area contributed by atoms with Gasteiger partial charge in [0.2, 0.25) is 0 Å². The van der Waals surface area contributed by atoms with Gasteiger partial charge in [-0.15, -0.1) is 0 Å². The summed E-state index contributed by atoms with van der Waals surface area (Å²) in [6, 6.07) is 13.7. The minimum atomic E-state index is -0.267. The van der Waals surface area contributed by atoms with Crippen molar-refractivity contribution in [3.8, 4) is 5.75 Å². The molecule has 0 atom stereocenters. The molecule has 0 unspecified atom stereocenters. The van der Waals surface area contributed by atoms with Crippen molar-refractivity contribution in [2.75, 3.05) is 12.4 Å². The van der Waals surface area contributed by atoms with Crippen molar-refractivity contribution in [3.05, 3.63) is 59.7 Å². The van der Waals surface area contributed by atoms with Crippen molar-refractivity contribution < 1.29 is 14.3 Å². The molecule has 4 heteroatoms. The Hall–Kier alpha value is -2.62. The van der Waals surface area contributed by atoms with E-state index >= 15 is 0 Å². The molecule has 2 aromatic carbocycles. The molecule has 0 aromatic heterocycles. The van der Waals surface area contributed by atoms with E-state index in [4.69, 9.17) is 4.74 Å². The summed E-state index contributed by atoms with van der Waals surface area (Å²) in [5.74, 6) is 0.311. The highest BCUT2D eigenvalue weighted by Gasteiger charge is 2.09. The Morgan fingerprint density at radius 2 is 1.89 bits per heavy atom. The van der Waals surface area contributed by atoms with E-state index in [1.54, 1.807) is 42.5 Å². The maximum atomic E-state index is 12.0. The van der Waals surface area contributed by atoms with Crippen molar-refractivity contribution >= 4 is 17.9 Å². The summed E-state index contributed by atoms with van der Waals surface area (Å²) >= 11 is 0. The van der Waals surface area contributed by atoms with Crippen molar-refractivity contribution in [2.45, 2.75) is 0 Å². The number of carbonyl (C=O) groups is 2. The highest BCUT2D eigenvalue weighted by Crippen LogP contribution is 2.21. The largest absolute Gasteiger partial charge is 0.497 e. The Morgan fingerprint density at radius 3 is 2.53 bits per heavy atom. The lowest BCUT2D eigenvalue weighted by atomic mass is 10.1. The molecule has 2 rings (SSSR count). The van der Waals surface area contributed by atoms with Crippen LogP contribution in [-0.2, 0) is 0 Å². The highest BCUT2D eigenvalue weighted by atomic mass is 16.5. The molecule has 19 heavy (non-hydrogen) atoms. The van der Waals surface area contributed by atoms with Crippen LogP contribution in [0.2, 0.25) is 0 Å². The third-order valence-electron chi connectivity index (χ3n) is 2.67. The fraction of sp³-hybridized carbons (Fsp3) is 0.0667. The van der Waals surface area contributed by atoms with E-state index in [-0.39, 0.29) is 5.91 Å². The normalized spacial score (nSPS) is 9.74. The Balaban J connectivity index is 2.27. The first-order chi connectivity index (χ1) is 9.24. The lowest BCUT2D eigenvalue weighted by Crippen LogP contribution is -2.13. The second-order valence-electron chi connectivity index (χ2n) is 3.89. The minimum Gasteiger partial charge on any atom is -0.497 e. The van der Waals surface area contributed by atoms with Crippen LogP contribution in [0.3, 0.4) is 0 Å². The second kappa shape index (κ2) is 5.82. The summed E-state index contributed by atoms with van der Waals surface area (Å²) in [5, 5.41) is 2.70. The van der Waals surface area contributed by atoms with E-state index in [1.165, 1.54) is 7.11 Å². The van der Waals surface area contributed by atoms with Crippen LogP contribution in [-0.4, -0.2) is 19.3 Å². The van der Waals surface area contributed by atoms with Crippen LogP contribution in [0.25, 0.3) is 0 Å². The molecular formula is C15H13NO3. The predicted octanol–water partition coefficient (Wildman–Crippen LogP) is 2.76. The lowest BCUT2D eigenvalue weighted by Gasteiger charge is -2.09. The van der Waals surface area contributed by atoms with E-state index in [0.29, 0.717) is 28.8 Å². The number of methoxy groups -OCH3 is 1. The first kappa shape index (κ1) is 12.8.